The highest BCUT2D eigenvalue weighted by Crippen LogP contribution is 2.26. The van der Waals surface area contributed by atoms with Gasteiger partial charge in [0.05, 0.1) is 15.8 Å². The van der Waals surface area contributed by atoms with Gasteiger partial charge >= 0.3 is 0 Å². The molecule has 0 radical (unpaired) electrons. The molecule has 0 aliphatic rings. The average Bonchev–Trinajstić information content (AvgIpc) is 2.98. The first-order valence-corrected chi connectivity index (χ1v) is 8.76. The topological polar surface area (TPSA) is 98.7 Å². The van der Waals surface area contributed by atoms with Crippen molar-refractivity contribution in [2.75, 3.05) is 11.2 Å². The van der Waals surface area contributed by atoms with E-state index in [2.05, 4.69) is 20.5 Å². The van der Waals surface area contributed by atoms with Gasteiger partial charge in [0, 0.05) is 6.20 Å². The predicted octanol–water partition coefficient (Wildman–Crippen LogP) is 2.97. The Morgan fingerprint density at radius 1 is 1.31 bits per heavy atom. The average molecular weight is 393 g/mol. The van der Waals surface area contributed by atoms with Gasteiger partial charge in [0.25, 0.3) is 0 Å². The summed E-state index contributed by atoms with van der Waals surface area (Å²) in [6.07, 6.45) is 1.44. The highest BCUT2D eigenvalue weighted by atomic mass is 35.5. The van der Waals surface area contributed by atoms with E-state index in [0.29, 0.717) is 10.8 Å². The standard InChI is InChI=1S/C16H14ClFN6OS/c1-9(15(25)21-13-7-6-10(17)8-20-13)26-16-23-22-14(24(16)19)11-4-2-3-5-12(11)18/h2-9H,19H2,1H3,(H,20,21,25)/t9-/m1/s1. The number of halogens is 2. The van der Waals surface area contributed by atoms with Crippen LogP contribution in [0.15, 0.2) is 47.8 Å². The van der Waals surface area contributed by atoms with Crippen molar-refractivity contribution < 1.29 is 9.18 Å². The molecule has 7 nitrogen and oxygen atoms in total. The Balaban J connectivity index is 1.71. The van der Waals surface area contributed by atoms with E-state index in [1.54, 1.807) is 37.3 Å². The smallest absolute Gasteiger partial charge is 0.238 e. The third-order valence-electron chi connectivity index (χ3n) is 3.41. The Labute approximate surface area is 157 Å². The van der Waals surface area contributed by atoms with E-state index in [0.717, 1.165) is 16.4 Å². The summed E-state index contributed by atoms with van der Waals surface area (Å²) in [6.45, 7) is 1.69. The second kappa shape index (κ2) is 7.71. The van der Waals surface area contributed by atoms with Crippen molar-refractivity contribution in [3.8, 4) is 11.4 Å². The Morgan fingerprint density at radius 3 is 2.77 bits per heavy atom. The lowest BCUT2D eigenvalue weighted by molar-refractivity contribution is -0.115. The van der Waals surface area contributed by atoms with Crippen LogP contribution in [0.3, 0.4) is 0 Å². The maximum Gasteiger partial charge on any atom is 0.238 e. The number of rotatable bonds is 5. The van der Waals surface area contributed by atoms with Gasteiger partial charge in [0.1, 0.15) is 11.6 Å². The first-order chi connectivity index (χ1) is 12.5. The molecule has 10 heteroatoms. The Morgan fingerprint density at radius 2 is 2.08 bits per heavy atom. The number of benzene rings is 1. The molecule has 1 atom stereocenters. The summed E-state index contributed by atoms with van der Waals surface area (Å²) in [5, 5.41) is 10.8. The zero-order chi connectivity index (χ0) is 18.7. The van der Waals surface area contributed by atoms with Crippen LogP contribution in [-0.2, 0) is 4.79 Å². The summed E-state index contributed by atoms with van der Waals surface area (Å²) in [5.74, 6) is 5.78. The number of pyridine rings is 1. The van der Waals surface area contributed by atoms with Gasteiger partial charge in [-0.2, -0.15) is 0 Å². The molecular formula is C16H14ClFN6OS. The maximum absolute atomic E-state index is 13.9. The fourth-order valence-corrected chi connectivity index (χ4v) is 2.95. The minimum absolute atomic E-state index is 0.178. The third kappa shape index (κ3) is 3.94. The van der Waals surface area contributed by atoms with Crippen LogP contribution in [0.1, 0.15) is 6.92 Å². The Bertz CT molecular complexity index is 933. The van der Waals surface area contributed by atoms with Gasteiger partial charge in [-0.05, 0) is 31.2 Å². The molecule has 0 unspecified atom stereocenters. The number of nitrogens with one attached hydrogen (secondary N) is 1. The van der Waals surface area contributed by atoms with Gasteiger partial charge in [0.15, 0.2) is 5.82 Å². The molecule has 1 amide bonds. The third-order valence-corrected chi connectivity index (χ3v) is 4.69. The summed E-state index contributed by atoms with van der Waals surface area (Å²) >= 11 is 6.86. The number of thioether (sulfide) groups is 1. The maximum atomic E-state index is 13.9. The second-order valence-electron chi connectivity index (χ2n) is 5.27. The van der Waals surface area contributed by atoms with Crippen LogP contribution in [-0.4, -0.2) is 31.0 Å². The largest absolute Gasteiger partial charge is 0.335 e. The lowest BCUT2D eigenvalue weighted by Crippen LogP contribution is -2.24. The molecule has 2 aromatic heterocycles. The first kappa shape index (κ1) is 18.2. The molecule has 3 N–H and O–H groups in total. The van der Waals surface area contributed by atoms with Gasteiger partial charge in [-0.25, -0.2) is 14.1 Å². The summed E-state index contributed by atoms with van der Waals surface area (Å²) < 4.78 is 15.1. The molecule has 0 spiro atoms. The number of nitrogens with zero attached hydrogens (tertiary/aromatic N) is 4. The second-order valence-corrected chi connectivity index (χ2v) is 7.01. The van der Waals surface area contributed by atoms with E-state index >= 15 is 0 Å². The number of carbonyl (C=O) groups excluding carboxylic acids is 1. The highest BCUT2D eigenvalue weighted by molar-refractivity contribution is 8.00. The zero-order valence-corrected chi connectivity index (χ0v) is 15.1. The number of aromatic nitrogens is 4. The zero-order valence-electron chi connectivity index (χ0n) is 13.6. The van der Waals surface area contributed by atoms with Crippen molar-refractivity contribution in [3.05, 3.63) is 53.4 Å². The van der Waals surface area contributed by atoms with Gasteiger partial charge < -0.3 is 11.2 Å². The number of nitrogens with two attached hydrogens (primary N) is 1. The normalized spacial score (nSPS) is 12.0. The fourth-order valence-electron chi connectivity index (χ4n) is 2.07. The van der Waals surface area contributed by atoms with Crippen LogP contribution in [0.25, 0.3) is 11.4 Å². The molecule has 0 aliphatic carbocycles. The first-order valence-electron chi connectivity index (χ1n) is 7.50. The molecule has 0 saturated carbocycles. The molecule has 2 heterocycles. The number of nitrogen functional groups attached to an aromatic ring is 1. The Kier molecular flexibility index (Phi) is 5.38. The quantitative estimate of drug-likeness (QED) is 0.511. The number of hydrogen-bond donors (Lipinski definition) is 2. The molecular weight excluding hydrogens is 379 g/mol. The van der Waals surface area contributed by atoms with Crippen LogP contribution in [0.2, 0.25) is 5.02 Å². The molecule has 3 rings (SSSR count). The monoisotopic (exact) mass is 392 g/mol. The highest BCUT2D eigenvalue weighted by Gasteiger charge is 2.21. The van der Waals surface area contributed by atoms with E-state index < -0.39 is 11.1 Å². The number of carbonyl (C=O) groups is 1. The van der Waals surface area contributed by atoms with E-state index in [4.69, 9.17) is 17.4 Å². The molecule has 0 aliphatic heterocycles. The van der Waals surface area contributed by atoms with E-state index in [9.17, 15) is 9.18 Å². The van der Waals surface area contributed by atoms with Gasteiger partial charge in [-0.3, -0.25) is 4.79 Å². The van der Waals surface area contributed by atoms with E-state index in [1.807, 2.05) is 0 Å². The van der Waals surface area contributed by atoms with Crippen molar-refractivity contribution in [3.63, 3.8) is 0 Å². The lowest BCUT2D eigenvalue weighted by Gasteiger charge is -2.11. The van der Waals surface area contributed by atoms with E-state index in [1.165, 1.54) is 12.3 Å². The summed E-state index contributed by atoms with van der Waals surface area (Å²) in [4.78, 5) is 16.3. The van der Waals surface area contributed by atoms with Crippen LogP contribution in [0.5, 0.6) is 0 Å². The van der Waals surface area contributed by atoms with Crippen molar-refractivity contribution in [1.82, 2.24) is 19.9 Å². The summed E-state index contributed by atoms with van der Waals surface area (Å²) in [7, 11) is 0. The van der Waals surface area contributed by atoms with Crippen molar-refractivity contribution in [2.45, 2.75) is 17.3 Å². The minimum Gasteiger partial charge on any atom is -0.335 e. The molecule has 1 aromatic carbocycles. The number of anilines is 1. The lowest BCUT2D eigenvalue weighted by atomic mass is 10.2. The molecule has 3 aromatic rings. The number of hydrogen-bond acceptors (Lipinski definition) is 6. The van der Waals surface area contributed by atoms with Crippen LogP contribution in [0.4, 0.5) is 10.2 Å². The van der Waals surface area contributed by atoms with Crippen LogP contribution in [0, 0.1) is 5.82 Å². The van der Waals surface area contributed by atoms with Crippen molar-refractivity contribution in [2.24, 2.45) is 0 Å². The number of amides is 1. The molecule has 0 fully saturated rings. The predicted molar refractivity (Wildman–Crippen MR) is 98.8 cm³/mol. The fraction of sp³-hybridized carbons (Fsp3) is 0.125. The molecule has 0 saturated heterocycles. The minimum atomic E-state index is -0.535. The summed E-state index contributed by atoms with van der Waals surface area (Å²) in [6, 6.07) is 9.34. The van der Waals surface area contributed by atoms with Gasteiger partial charge in [-0.1, -0.05) is 35.5 Å². The van der Waals surface area contributed by atoms with Gasteiger partial charge in [0.2, 0.25) is 11.1 Å². The SMILES string of the molecule is C[C@@H](Sc1nnc(-c2ccccc2F)n1N)C(=O)Nc1ccc(Cl)cn1. The Hall–Kier alpha value is -2.65. The summed E-state index contributed by atoms with van der Waals surface area (Å²) in [5.41, 5.74) is 0.233. The van der Waals surface area contributed by atoms with Crippen molar-refractivity contribution >= 4 is 35.1 Å². The van der Waals surface area contributed by atoms with Crippen molar-refractivity contribution in [1.29, 1.82) is 0 Å². The van der Waals surface area contributed by atoms with Crippen LogP contribution >= 0.6 is 23.4 Å². The molecule has 134 valence electrons. The van der Waals surface area contributed by atoms with Crippen LogP contribution < -0.4 is 11.2 Å². The molecule has 26 heavy (non-hydrogen) atoms. The molecule has 0 bridgehead atoms. The van der Waals surface area contributed by atoms with Gasteiger partial charge in [-0.15, -0.1) is 10.2 Å². The van der Waals surface area contributed by atoms with E-state index in [-0.39, 0.29) is 22.5 Å².